The molecule has 0 saturated heterocycles. The Balaban J connectivity index is 2.30. The topological polar surface area (TPSA) is 94.5 Å². The molecule has 0 aliphatic heterocycles. The Labute approximate surface area is 161 Å². The van der Waals surface area contributed by atoms with Gasteiger partial charge in [0.2, 0.25) is 0 Å². The molecule has 2 aromatic rings. The number of nitrogens with one attached hydrogen (secondary N) is 1. The standard InChI is InChI=1S/C19H23FN2O4S/c1-12-5-6-14(11-21-12)26-13-7-8-16(20)15(9-13)17(10-18(23)24)22-27(25)19(2,3)4/h5-9,11,17,22H,10H2,1-4H3,(H,23,24)/t17-,27?/m1/s1. The van der Waals surface area contributed by atoms with Crippen molar-refractivity contribution in [2.75, 3.05) is 0 Å². The molecule has 2 atom stereocenters. The summed E-state index contributed by atoms with van der Waals surface area (Å²) >= 11 is -1.57. The molecule has 27 heavy (non-hydrogen) atoms. The molecule has 0 spiro atoms. The fourth-order valence-electron chi connectivity index (χ4n) is 2.20. The SMILES string of the molecule is Cc1ccc(Oc2ccc(F)c([C@@H](CC(=O)O)N[S+]([O-])C(C)(C)C)c2)cn1. The van der Waals surface area contributed by atoms with Crippen molar-refractivity contribution in [2.24, 2.45) is 0 Å². The third-order valence-corrected chi connectivity index (χ3v) is 5.26. The number of benzene rings is 1. The van der Waals surface area contributed by atoms with Crippen molar-refractivity contribution in [2.45, 2.75) is 44.9 Å². The molecule has 146 valence electrons. The zero-order chi connectivity index (χ0) is 20.2. The van der Waals surface area contributed by atoms with Crippen LogP contribution in [0.25, 0.3) is 0 Å². The molecule has 0 aliphatic rings. The van der Waals surface area contributed by atoms with E-state index in [-0.39, 0.29) is 5.56 Å². The Morgan fingerprint density at radius 1 is 1.33 bits per heavy atom. The highest BCUT2D eigenvalue weighted by Gasteiger charge is 2.32. The predicted molar refractivity (Wildman–Crippen MR) is 101 cm³/mol. The summed E-state index contributed by atoms with van der Waals surface area (Å²) in [4.78, 5) is 15.4. The second kappa shape index (κ2) is 8.69. The molecule has 1 aromatic heterocycles. The number of carboxylic acids is 1. The van der Waals surface area contributed by atoms with Gasteiger partial charge in [-0.25, -0.2) is 4.39 Å². The zero-order valence-corrected chi connectivity index (χ0v) is 16.5. The van der Waals surface area contributed by atoms with E-state index in [2.05, 4.69) is 9.71 Å². The number of hydrogen-bond acceptors (Lipinski definition) is 5. The maximum atomic E-state index is 14.4. The van der Waals surface area contributed by atoms with Crippen molar-refractivity contribution in [3.63, 3.8) is 0 Å². The van der Waals surface area contributed by atoms with Gasteiger partial charge in [-0.3, -0.25) is 9.78 Å². The van der Waals surface area contributed by atoms with Gasteiger partial charge in [-0.1, -0.05) is 0 Å². The van der Waals surface area contributed by atoms with E-state index in [4.69, 9.17) is 4.74 Å². The van der Waals surface area contributed by atoms with Gasteiger partial charge in [0, 0.05) is 22.6 Å². The van der Waals surface area contributed by atoms with Crippen LogP contribution < -0.4 is 9.46 Å². The predicted octanol–water partition coefficient (Wildman–Crippen LogP) is 3.89. The average Bonchev–Trinajstić information content (AvgIpc) is 2.56. The molecule has 2 rings (SSSR count). The smallest absolute Gasteiger partial charge is 0.305 e. The van der Waals surface area contributed by atoms with Crippen LogP contribution in [0.2, 0.25) is 0 Å². The lowest BCUT2D eigenvalue weighted by molar-refractivity contribution is -0.137. The monoisotopic (exact) mass is 394 g/mol. The minimum atomic E-state index is -1.57. The minimum absolute atomic E-state index is 0.0765. The Bertz CT molecular complexity index is 793. The van der Waals surface area contributed by atoms with Crippen molar-refractivity contribution >= 4 is 17.3 Å². The van der Waals surface area contributed by atoms with Crippen LogP contribution in [0, 0.1) is 12.7 Å². The van der Waals surface area contributed by atoms with Crippen LogP contribution in [0.3, 0.4) is 0 Å². The Morgan fingerprint density at radius 2 is 2.00 bits per heavy atom. The van der Waals surface area contributed by atoms with Gasteiger partial charge in [-0.15, -0.1) is 4.72 Å². The van der Waals surface area contributed by atoms with Gasteiger partial charge in [0.05, 0.1) is 18.7 Å². The molecule has 1 unspecified atom stereocenters. The first kappa shape index (κ1) is 21.1. The summed E-state index contributed by atoms with van der Waals surface area (Å²) in [7, 11) is 0. The van der Waals surface area contributed by atoms with Gasteiger partial charge in [-0.05, 0) is 58.0 Å². The van der Waals surface area contributed by atoms with Crippen LogP contribution >= 0.6 is 0 Å². The first-order valence-electron chi connectivity index (χ1n) is 8.36. The number of aliphatic carboxylic acids is 1. The Morgan fingerprint density at radius 3 is 2.56 bits per heavy atom. The normalized spacial score (nSPS) is 13.9. The van der Waals surface area contributed by atoms with Gasteiger partial charge < -0.3 is 14.4 Å². The van der Waals surface area contributed by atoms with E-state index < -0.39 is 40.4 Å². The summed E-state index contributed by atoms with van der Waals surface area (Å²) in [6, 6.07) is 6.59. The summed E-state index contributed by atoms with van der Waals surface area (Å²) < 4.78 is 34.6. The Kier molecular flexibility index (Phi) is 6.80. The van der Waals surface area contributed by atoms with Crippen molar-refractivity contribution in [3.8, 4) is 11.5 Å². The van der Waals surface area contributed by atoms with Gasteiger partial charge >= 0.3 is 5.97 Å². The lowest BCUT2D eigenvalue weighted by Crippen LogP contribution is -2.42. The molecule has 0 saturated carbocycles. The number of nitrogens with zero attached hydrogens (tertiary/aromatic N) is 1. The maximum absolute atomic E-state index is 14.4. The van der Waals surface area contributed by atoms with Crippen molar-refractivity contribution < 1.29 is 23.6 Å². The van der Waals surface area contributed by atoms with Crippen LogP contribution in [0.1, 0.15) is 44.5 Å². The molecule has 0 bridgehead atoms. The molecule has 0 radical (unpaired) electrons. The van der Waals surface area contributed by atoms with Crippen molar-refractivity contribution in [1.29, 1.82) is 0 Å². The number of carbonyl (C=O) groups is 1. The molecular formula is C19H23FN2O4S. The summed E-state index contributed by atoms with van der Waals surface area (Å²) in [5.41, 5.74) is 0.907. The number of halogens is 1. The average molecular weight is 394 g/mol. The first-order chi connectivity index (χ1) is 12.6. The third kappa shape index (κ3) is 6.20. The second-order valence-corrected chi connectivity index (χ2v) is 9.07. The highest BCUT2D eigenvalue weighted by atomic mass is 32.2. The molecule has 6 nitrogen and oxygen atoms in total. The fraction of sp³-hybridized carbons (Fsp3) is 0.368. The van der Waals surface area contributed by atoms with Gasteiger partial charge in [0.1, 0.15) is 22.1 Å². The van der Waals surface area contributed by atoms with E-state index in [1.165, 1.54) is 18.2 Å². The second-order valence-electron chi connectivity index (χ2n) is 7.07. The molecule has 0 amide bonds. The van der Waals surface area contributed by atoms with E-state index in [1.807, 2.05) is 6.92 Å². The van der Waals surface area contributed by atoms with Crippen molar-refractivity contribution in [1.82, 2.24) is 9.71 Å². The number of aryl methyl sites for hydroxylation is 1. The molecular weight excluding hydrogens is 371 g/mol. The quantitative estimate of drug-likeness (QED) is 0.692. The number of carboxylic acid groups (broad SMARTS) is 1. The van der Waals surface area contributed by atoms with Gasteiger partial charge in [0.15, 0.2) is 0 Å². The number of pyridine rings is 1. The van der Waals surface area contributed by atoms with E-state index in [9.17, 15) is 18.8 Å². The van der Waals surface area contributed by atoms with Crippen LogP contribution in [0.5, 0.6) is 11.5 Å². The molecule has 1 heterocycles. The van der Waals surface area contributed by atoms with E-state index >= 15 is 0 Å². The first-order valence-corrected chi connectivity index (χ1v) is 9.51. The third-order valence-electron chi connectivity index (χ3n) is 3.65. The zero-order valence-electron chi connectivity index (χ0n) is 15.7. The van der Waals surface area contributed by atoms with Gasteiger partial charge in [0.25, 0.3) is 0 Å². The number of aromatic nitrogens is 1. The summed E-state index contributed by atoms with van der Waals surface area (Å²) in [5, 5.41) is 9.18. The van der Waals surface area contributed by atoms with E-state index in [1.54, 1.807) is 39.1 Å². The molecule has 2 N–H and O–H groups in total. The maximum Gasteiger partial charge on any atom is 0.305 e. The van der Waals surface area contributed by atoms with Crippen LogP contribution in [0.4, 0.5) is 4.39 Å². The highest BCUT2D eigenvalue weighted by molar-refractivity contribution is 7.90. The van der Waals surface area contributed by atoms with Crippen LogP contribution in [0.15, 0.2) is 36.5 Å². The van der Waals surface area contributed by atoms with Crippen LogP contribution in [-0.4, -0.2) is 25.4 Å². The summed E-state index contributed by atoms with van der Waals surface area (Å²) in [6.45, 7) is 7.08. The summed E-state index contributed by atoms with van der Waals surface area (Å²) in [6.07, 6.45) is 1.12. The van der Waals surface area contributed by atoms with Crippen LogP contribution in [-0.2, 0) is 16.2 Å². The van der Waals surface area contributed by atoms with E-state index in [0.29, 0.717) is 11.5 Å². The number of ether oxygens (including phenoxy) is 1. The highest BCUT2D eigenvalue weighted by Crippen LogP contribution is 2.29. The molecule has 8 heteroatoms. The lowest BCUT2D eigenvalue weighted by Gasteiger charge is -2.27. The van der Waals surface area contributed by atoms with E-state index in [0.717, 1.165) is 5.69 Å². The lowest BCUT2D eigenvalue weighted by atomic mass is 10.0. The minimum Gasteiger partial charge on any atom is -0.598 e. The molecule has 0 fully saturated rings. The summed E-state index contributed by atoms with van der Waals surface area (Å²) in [5.74, 6) is -0.934. The largest absolute Gasteiger partial charge is 0.598 e. The fourth-order valence-corrected chi connectivity index (χ4v) is 3.02. The molecule has 0 aliphatic carbocycles. The van der Waals surface area contributed by atoms with Crippen molar-refractivity contribution in [3.05, 3.63) is 53.6 Å². The molecule has 1 aromatic carbocycles. The number of rotatable bonds is 7. The van der Waals surface area contributed by atoms with Gasteiger partial charge in [-0.2, -0.15) is 0 Å². The number of hydrogen-bond donors (Lipinski definition) is 2. The Hall–Kier alpha value is -2.16.